The van der Waals surface area contributed by atoms with Gasteiger partial charge in [-0.3, -0.25) is 14.9 Å². The molecule has 1 rings (SSSR count). The number of nitro benzene ring substituents is 1. The molecule has 0 saturated heterocycles. The molecule has 0 bridgehead atoms. The zero-order chi connectivity index (χ0) is 11.6. The van der Waals surface area contributed by atoms with Crippen LogP contribution >= 0.6 is 0 Å². The highest BCUT2D eigenvalue weighted by Gasteiger charge is 2.23. The van der Waals surface area contributed by atoms with E-state index in [4.69, 9.17) is 5.11 Å². The van der Waals surface area contributed by atoms with Gasteiger partial charge in [-0.05, 0) is 6.07 Å². The summed E-state index contributed by atoms with van der Waals surface area (Å²) >= 11 is 0. The Morgan fingerprint density at radius 3 is 2.53 bits per heavy atom. The van der Waals surface area contributed by atoms with Gasteiger partial charge in [0.2, 0.25) is 5.82 Å². The number of carboxylic acids is 1. The standard InChI is InChI=1S/C8H5F2NO4/c9-5-1-4(2-7(12)13)8(11(14)15)6(10)3-5/h1,3H,2H2,(H,12,13). The first-order valence-corrected chi connectivity index (χ1v) is 3.76. The number of rotatable bonds is 3. The lowest BCUT2D eigenvalue weighted by Gasteiger charge is -2.01. The van der Waals surface area contributed by atoms with Crippen LogP contribution in [0, 0.1) is 21.7 Å². The molecule has 0 radical (unpaired) electrons. The van der Waals surface area contributed by atoms with E-state index in [9.17, 15) is 23.7 Å². The zero-order valence-corrected chi connectivity index (χ0v) is 7.24. The van der Waals surface area contributed by atoms with E-state index in [1.807, 2.05) is 0 Å². The lowest BCUT2D eigenvalue weighted by Crippen LogP contribution is -2.06. The fourth-order valence-electron chi connectivity index (χ4n) is 1.12. The van der Waals surface area contributed by atoms with Crippen LogP contribution < -0.4 is 0 Å². The molecular weight excluding hydrogens is 212 g/mol. The van der Waals surface area contributed by atoms with E-state index in [1.54, 1.807) is 0 Å². The molecule has 1 aromatic carbocycles. The van der Waals surface area contributed by atoms with Crippen LogP contribution in [0.3, 0.4) is 0 Å². The van der Waals surface area contributed by atoms with Gasteiger partial charge >= 0.3 is 11.7 Å². The van der Waals surface area contributed by atoms with E-state index >= 15 is 0 Å². The molecule has 1 aromatic rings. The highest BCUT2D eigenvalue weighted by atomic mass is 19.1. The number of hydrogen-bond acceptors (Lipinski definition) is 3. The van der Waals surface area contributed by atoms with E-state index < -0.39 is 40.2 Å². The van der Waals surface area contributed by atoms with Gasteiger partial charge in [-0.25, -0.2) is 4.39 Å². The molecular formula is C8H5F2NO4. The Balaban J connectivity index is 3.33. The molecule has 80 valence electrons. The Labute approximate surface area is 82.1 Å². The molecule has 0 heterocycles. The van der Waals surface area contributed by atoms with E-state index in [0.29, 0.717) is 12.1 Å². The van der Waals surface area contributed by atoms with Crippen molar-refractivity contribution in [3.8, 4) is 0 Å². The van der Waals surface area contributed by atoms with Crippen molar-refractivity contribution in [1.82, 2.24) is 0 Å². The fraction of sp³-hybridized carbons (Fsp3) is 0.125. The number of nitrogens with zero attached hydrogens (tertiary/aromatic N) is 1. The van der Waals surface area contributed by atoms with Gasteiger partial charge in [0.15, 0.2) is 0 Å². The van der Waals surface area contributed by atoms with Crippen molar-refractivity contribution in [2.45, 2.75) is 6.42 Å². The van der Waals surface area contributed by atoms with Crippen molar-refractivity contribution in [3.63, 3.8) is 0 Å². The largest absolute Gasteiger partial charge is 0.481 e. The summed E-state index contributed by atoms with van der Waals surface area (Å²) < 4.78 is 25.6. The number of nitro groups is 1. The van der Waals surface area contributed by atoms with Crippen molar-refractivity contribution in [2.24, 2.45) is 0 Å². The van der Waals surface area contributed by atoms with E-state index in [-0.39, 0.29) is 0 Å². The topological polar surface area (TPSA) is 80.4 Å². The Bertz CT molecular complexity index is 433. The van der Waals surface area contributed by atoms with Gasteiger partial charge in [0.1, 0.15) is 5.82 Å². The number of halogens is 2. The van der Waals surface area contributed by atoms with Crippen molar-refractivity contribution in [3.05, 3.63) is 39.4 Å². The second kappa shape index (κ2) is 3.99. The summed E-state index contributed by atoms with van der Waals surface area (Å²) in [6, 6.07) is 0.971. The SMILES string of the molecule is O=C(O)Cc1cc(F)cc(F)c1[N+](=O)[O-]. The van der Waals surface area contributed by atoms with Gasteiger partial charge in [-0.15, -0.1) is 0 Å². The second-order valence-electron chi connectivity index (χ2n) is 2.72. The molecule has 0 fully saturated rings. The van der Waals surface area contributed by atoms with Crippen LogP contribution in [0.4, 0.5) is 14.5 Å². The number of carbonyl (C=O) groups is 1. The fourth-order valence-corrected chi connectivity index (χ4v) is 1.12. The monoisotopic (exact) mass is 217 g/mol. The maximum Gasteiger partial charge on any atom is 0.308 e. The van der Waals surface area contributed by atoms with Gasteiger partial charge in [-0.2, -0.15) is 4.39 Å². The van der Waals surface area contributed by atoms with Crippen molar-refractivity contribution >= 4 is 11.7 Å². The number of carboxylic acid groups (broad SMARTS) is 1. The molecule has 7 heteroatoms. The Morgan fingerprint density at radius 1 is 1.47 bits per heavy atom. The van der Waals surface area contributed by atoms with Gasteiger partial charge in [0.05, 0.1) is 11.3 Å². The van der Waals surface area contributed by atoms with Crippen molar-refractivity contribution < 1.29 is 23.6 Å². The van der Waals surface area contributed by atoms with Gasteiger partial charge in [-0.1, -0.05) is 0 Å². The third-order valence-corrected chi connectivity index (χ3v) is 1.63. The summed E-state index contributed by atoms with van der Waals surface area (Å²) in [5.74, 6) is -3.83. The quantitative estimate of drug-likeness (QED) is 0.614. The highest BCUT2D eigenvalue weighted by molar-refractivity contribution is 5.72. The Hall–Kier alpha value is -2.05. The van der Waals surface area contributed by atoms with Gasteiger partial charge < -0.3 is 5.11 Å². The predicted octanol–water partition coefficient (Wildman–Crippen LogP) is 1.50. The van der Waals surface area contributed by atoms with Crippen LogP contribution in [0.25, 0.3) is 0 Å². The average molecular weight is 217 g/mol. The maximum absolute atomic E-state index is 12.9. The predicted molar refractivity (Wildman–Crippen MR) is 44.4 cm³/mol. The zero-order valence-electron chi connectivity index (χ0n) is 7.24. The summed E-state index contributed by atoms with van der Waals surface area (Å²) in [4.78, 5) is 19.6. The minimum atomic E-state index is -1.40. The third-order valence-electron chi connectivity index (χ3n) is 1.63. The molecule has 5 nitrogen and oxygen atoms in total. The molecule has 0 aromatic heterocycles. The van der Waals surface area contributed by atoms with E-state index in [1.165, 1.54) is 0 Å². The van der Waals surface area contributed by atoms with Crippen LogP contribution in [-0.2, 0) is 11.2 Å². The third kappa shape index (κ3) is 2.46. The molecule has 0 saturated carbocycles. The smallest absolute Gasteiger partial charge is 0.308 e. The highest BCUT2D eigenvalue weighted by Crippen LogP contribution is 2.24. The summed E-state index contributed by atoms with van der Waals surface area (Å²) in [5, 5.41) is 18.8. The Kier molecular flexibility index (Phi) is 2.93. The minimum absolute atomic E-state index is 0.337. The first kappa shape index (κ1) is 11.0. The summed E-state index contributed by atoms with van der Waals surface area (Å²) in [6.07, 6.45) is -0.801. The first-order chi connectivity index (χ1) is 6.91. The number of hydrogen-bond donors (Lipinski definition) is 1. The van der Waals surface area contributed by atoms with Gasteiger partial charge in [0.25, 0.3) is 0 Å². The molecule has 0 amide bonds. The second-order valence-corrected chi connectivity index (χ2v) is 2.72. The van der Waals surface area contributed by atoms with E-state index in [0.717, 1.165) is 0 Å². The molecule has 0 unspecified atom stereocenters. The average Bonchev–Trinajstić information content (AvgIpc) is 1.99. The lowest BCUT2D eigenvalue weighted by molar-refractivity contribution is -0.388. The minimum Gasteiger partial charge on any atom is -0.481 e. The first-order valence-electron chi connectivity index (χ1n) is 3.76. The summed E-state index contributed by atoms with van der Waals surface area (Å²) in [7, 11) is 0. The van der Waals surface area contributed by atoms with Crippen LogP contribution in [0.5, 0.6) is 0 Å². The van der Waals surface area contributed by atoms with Crippen molar-refractivity contribution in [1.29, 1.82) is 0 Å². The lowest BCUT2D eigenvalue weighted by atomic mass is 10.1. The van der Waals surface area contributed by atoms with Crippen LogP contribution in [0.15, 0.2) is 12.1 Å². The summed E-state index contributed by atoms with van der Waals surface area (Å²) in [5.41, 5.74) is -1.50. The number of aliphatic carboxylic acids is 1. The maximum atomic E-state index is 12.9. The molecule has 0 aliphatic rings. The Morgan fingerprint density at radius 2 is 2.07 bits per heavy atom. The molecule has 15 heavy (non-hydrogen) atoms. The molecule has 0 aliphatic heterocycles. The summed E-state index contributed by atoms with van der Waals surface area (Å²) in [6.45, 7) is 0. The molecule has 0 spiro atoms. The van der Waals surface area contributed by atoms with Crippen LogP contribution in [0.1, 0.15) is 5.56 Å². The number of benzene rings is 1. The normalized spacial score (nSPS) is 10.0. The van der Waals surface area contributed by atoms with E-state index in [2.05, 4.69) is 0 Å². The van der Waals surface area contributed by atoms with Crippen LogP contribution in [0.2, 0.25) is 0 Å². The molecule has 0 atom stereocenters. The van der Waals surface area contributed by atoms with Gasteiger partial charge in [0, 0.05) is 11.6 Å². The molecule has 1 N–H and O–H groups in total. The van der Waals surface area contributed by atoms with Crippen LogP contribution in [-0.4, -0.2) is 16.0 Å². The van der Waals surface area contributed by atoms with Crippen molar-refractivity contribution in [2.75, 3.05) is 0 Å². The molecule has 0 aliphatic carbocycles.